The molecule has 15 heteroatoms. The highest BCUT2D eigenvalue weighted by atomic mass is 16.7. The smallest absolute Gasteiger partial charge is 0.186 e. The first-order valence-electron chi connectivity index (χ1n) is 15.1. The molecule has 5 aliphatic rings. The summed E-state index contributed by atoms with van der Waals surface area (Å²) in [5.74, 6) is -0.899. The van der Waals surface area contributed by atoms with Gasteiger partial charge in [-0.25, -0.2) is 0 Å². The van der Waals surface area contributed by atoms with Crippen molar-refractivity contribution in [1.82, 2.24) is 0 Å². The Kier molecular flexibility index (Phi) is 10.8. The number of carbonyl (C=O) groups is 1. The minimum atomic E-state index is -1.69. The summed E-state index contributed by atoms with van der Waals surface area (Å²) >= 11 is 0. The molecule has 43 heavy (non-hydrogen) atoms. The molecule has 8 N–H and O–H groups in total. The van der Waals surface area contributed by atoms with E-state index in [1.165, 1.54) is 6.92 Å². The molecule has 0 aromatic heterocycles. The summed E-state index contributed by atoms with van der Waals surface area (Å²) in [7, 11) is 1.55. The number of ether oxygens (including phenoxy) is 6. The summed E-state index contributed by atoms with van der Waals surface area (Å²) in [6, 6.07) is 0. The zero-order chi connectivity index (χ0) is 31.2. The fourth-order valence-corrected chi connectivity index (χ4v) is 7.18. The van der Waals surface area contributed by atoms with E-state index in [1.807, 2.05) is 0 Å². The van der Waals surface area contributed by atoms with Crippen LogP contribution in [0.5, 0.6) is 0 Å². The number of hydrogen-bond acceptors (Lipinski definition) is 15. The number of fused-ring (bicyclic) bond motifs is 1. The van der Waals surface area contributed by atoms with Crippen molar-refractivity contribution in [2.24, 2.45) is 11.8 Å². The van der Waals surface area contributed by atoms with E-state index in [0.717, 1.165) is 6.42 Å². The molecule has 0 radical (unpaired) electrons. The van der Waals surface area contributed by atoms with Crippen molar-refractivity contribution in [3.8, 4) is 0 Å². The van der Waals surface area contributed by atoms with Crippen LogP contribution in [0.4, 0.5) is 0 Å². The first-order chi connectivity index (χ1) is 20.4. The lowest BCUT2D eigenvalue weighted by Gasteiger charge is -2.48. The summed E-state index contributed by atoms with van der Waals surface area (Å²) in [6.07, 6.45) is -16.0. The van der Waals surface area contributed by atoms with Crippen LogP contribution in [-0.2, 0) is 33.2 Å². The van der Waals surface area contributed by atoms with Gasteiger partial charge in [0.05, 0.1) is 55.3 Å². The van der Waals surface area contributed by atoms with Gasteiger partial charge in [0.1, 0.15) is 48.5 Å². The molecule has 3 saturated heterocycles. The zero-order valence-corrected chi connectivity index (χ0v) is 24.3. The molecule has 15 nitrogen and oxygen atoms in total. The summed E-state index contributed by atoms with van der Waals surface area (Å²) < 4.78 is 34.3. The van der Waals surface area contributed by atoms with Crippen molar-refractivity contribution in [1.29, 1.82) is 0 Å². The summed E-state index contributed by atoms with van der Waals surface area (Å²) in [5, 5.41) is 83.1. The molecule has 0 aromatic rings. The molecular weight excluding hydrogens is 576 g/mol. The molecule has 2 saturated carbocycles. The van der Waals surface area contributed by atoms with E-state index in [1.54, 1.807) is 7.11 Å². The lowest BCUT2D eigenvalue weighted by atomic mass is 9.73. The van der Waals surface area contributed by atoms with Crippen LogP contribution >= 0.6 is 0 Å². The average Bonchev–Trinajstić information content (AvgIpc) is 2.97. The fraction of sp³-hybridized carbons (Fsp3) is 0.964. The van der Waals surface area contributed by atoms with Crippen LogP contribution in [0.3, 0.4) is 0 Å². The van der Waals surface area contributed by atoms with Crippen molar-refractivity contribution < 1.29 is 74.1 Å². The molecule has 2 aliphatic carbocycles. The fourth-order valence-electron chi connectivity index (χ4n) is 7.18. The van der Waals surface area contributed by atoms with E-state index in [2.05, 4.69) is 0 Å². The Morgan fingerprint density at radius 1 is 0.744 bits per heavy atom. The van der Waals surface area contributed by atoms with Gasteiger partial charge in [-0.15, -0.1) is 0 Å². The van der Waals surface area contributed by atoms with Gasteiger partial charge >= 0.3 is 0 Å². The lowest BCUT2D eigenvalue weighted by molar-refractivity contribution is -0.336. The molecule has 248 valence electrons. The number of ketones is 1. The Balaban J connectivity index is 1.19. The molecule has 5 fully saturated rings. The molecule has 18 atom stereocenters. The topological polar surface area (TPSA) is 234 Å². The van der Waals surface area contributed by atoms with E-state index in [9.17, 15) is 45.6 Å². The molecule has 0 aromatic carbocycles. The first-order valence-corrected chi connectivity index (χ1v) is 15.1. The highest BCUT2D eigenvalue weighted by Gasteiger charge is 2.51. The Morgan fingerprint density at radius 3 is 2.14 bits per heavy atom. The maximum atomic E-state index is 13.1. The van der Waals surface area contributed by atoms with Crippen LogP contribution in [0.2, 0.25) is 0 Å². The van der Waals surface area contributed by atoms with Crippen LogP contribution < -0.4 is 0 Å². The molecule has 3 aliphatic heterocycles. The van der Waals surface area contributed by atoms with Crippen LogP contribution in [0.1, 0.15) is 45.4 Å². The third-order valence-corrected chi connectivity index (χ3v) is 9.79. The Hall–Kier alpha value is -0.890. The van der Waals surface area contributed by atoms with E-state index in [4.69, 9.17) is 28.4 Å². The van der Waals surface area contributed by atoms with Crippen molar-refractivity contribution >= 4 is 5.78 Å². The first kappa shape index (κ1) is 33.5. The van der Waals surface area contributed by atoms with Gasteiger partial charge in [-0.2, -0.15) is 0 Å². The maximum absolute atomic E-state index is 13.1. The van der Waals surface area contributed by atoms with Crippen molar-refractivity contribution in [3.63, 3.8) is 0 Å². The standard InChI is InChI=1S/C28H46O15/c1-10-21(32)23(34)25(36)27(40-10)39-9-19-22(33)24(35)26(37)28(43-19)41-12-6-14(30)20-15(31)8-17(42-18(20)7-12)11-3-4-16(38-2)13(29)5-11/h10-14,16-30,32-37H,3-9H2,1-2H3/t10?,11?,12?,13?,14?,16?,17?,18?,19?,20?,21-,22+,23-,24+,25?,26?,27+,28+/m0/s1. The third kappa shape index (κ3) is 6.95. The molecule has 0 amide bonds. The van der Waals surface area contributed by atoms with Gasteiger partial charge in [-0.05, 0) is 32.1 Å². The van der Waals surface area contributed by atoms with E-state index >= 15 is 0 Å². The predicted molar refractivity (Wildman–Crippen MR) is 141 cm³/mol. The number of aliphatic hydroxyl groups is 8. The molecule has 3 heterocycles. The van der Waals surface area contributed by atoms with Gasteiger partial charge in [-0.1, -0.05) is 0 Å². The number of carbonyl (C=O) groups excluding carboxylic acids is 1. The Labute approximate surface area is 249 Å². The average molecular weight is 623 g/mol. The van der Waals surface area contributed by atoms with Gasteiger partial charge in [-0.3, -0.25) is 4.79 Å². The predicted octanol–water partition coefficient (Wildman–Crippen LogP) is -3.30. The summed E-state index contributed by atoms with van der Waals surface area (Å²) in [6.45, 7) is 1.05. The number of hydrogen-bond donors (Lipinski definition) is 8. The van der Waals surface area contributed by atoms with Crippen LogP contribution in [0, 0.1) is 11.8 Å². The molecular formula is C28H46O15. The summed E-state index contributed by atoms with van der Waals surface area (Å²) in [5.41, 5.74) is 0. The van der Waals surface area contributed by atoms with Crippen LogP contribution in [0.15, 0.2) is 0 Å². The molecule has 5 rings (SSSR count). The van der Waals surface area contributed by atoms with Crippen molar-refractivity contribution in [2.75, 3.05) is 13.7 Å². The Bertz CT molecular complexity index is 940. The van der Waals surface area contributed by atoms with E-state index in [-0.39, 0.29) is 37.1 Å². The van der Waals surface area contributed by atoms with Gasteiger partial charge in [0.15, 0.2) is 12.6 Å². The van der Waals surface area contributed by atoms with Gasteiger partial charge < -0.3 is 69.3 Å². The summed E-state index contributed by atoms with van der Waals surface area (Å²) in [4.78, 5) is 13.1. The quantitative estimate of drug-likeness (QED) is 0.139. The van der Waals surface area contributed by atoms with Crippen LogP contribution in [-0.4, -0.2) is 158 Å². The molecule has 12 unspecified atom stereocenters. The number of rotatable bonds is 7. The number of Topliss-reactive ketones (excluding diaryl/α,β-unsaturated/α-hetero) is 1. The Morgan fingerprint density at radius 2 is 1.44 bits per heavy atom. The van der Waals surface area contributed by atoms with Crippen molar-refractivity contribution in [2.45, 2.75) is 143 Å². The third-order valence-electron chi connectivity index (χ3n) is 9.79. The van der Waals surface area contributed by atoms with Gasteiger partial charge in [0.2, 0.25) is 0 Å². The van der Waals surface area contributed by atoms with Gasteiger partial charge in [0.25, 0.3) is 0 Å². The SMILES string of the molecule is COC1CCC(C2CC(=O)C3C(O)CC(O[C@@H]4OC(CO[C@@H]5OC(C)[C@H](O)[C@H](O)C5O)[C@@H](O)[C@@H](O)C4O)CC3O2)CC1O. The minimum absolute atomic E-state index is 0.0468. The molecule has 0 spiro atoms. The highest BCUT2D eigenvalue weighted by molar-refractivity contribution is 5.83. The second-order valence-electron chi connectivity index (χ2n) is 12.7. The highest BCUT2D eigenvalue weighted by Crippen LogP contribution is 2.41. The minimum Gasteiger partial charge on any atom is -0.392 e. The monoisotopic (exact) mass is 622 g/mol. The zero-order valence-electron chi connectivity index (χ0n) is 24.3. The number of aliphatic hydroxyl groups excluding tert-OH is 8. The van der Waals surface area contributed by atoms with E-state index in [0.29, 0.717) is 12.8 Å². The largest absolute Gasteiger partial charge is 0.392 e. The molecule has 0 bridgehead atoms. The number of methoxy groups -OCH3 is 1. The maximum Gasteiger partial charge on any atom is 0.186 e. The van der Waals surface area contributed by atoms with E-state index < -0.39 is 104 Å². The van der Waals surface area contributed by atoms with Crippen molar-refractivity contribution in [3.05, 3.63) is 0 Å². The second-order valence-corrected chi connectivity index (χ2v) is 12.7. The second kappa shape index (κ2) is 13.8. The van der Waals surface area contributed by atoms with Gasteiger partial charge in [0, 0.05) is 26.4 Å². The normalized spacial score (nSPS) is 52.9. The van der Waals surface area contributed by atoms with Crippen LogP contribution in [0.25, 0.3) is 0 Å². The lowest BCUT2D eigenvalue weighted by Crippen LogP contribution is -2.62.